The molecular formula is C19H22F2N2O. The summed E-state index contributed by atoms with van der Waals surface area (Å²) in [4.78, 5) is 4.26. The van der Waals surface area contributed by atoms with Crippen molar-refractivity contribution in [2.24, 2.45) is 0 Å². The Morgan fingerprint density at radius 3 is 2.33 bits per heavy atom. The molecular weight excluding hydrogens is 310 g/mol. The van der Waals surface area contributed by atoms with Crippen molar-refractivity contribution < 1.29 is 13.5 Å². The highest BCUT2D eigenvalue weighted by Crippen LogP contribution is 2.28. The number of anilines is 1. The monoisotopic (exact) mass is 332 g/mol. The van der Waals surface area contributed by atoms with Gasteiger partial charge in [-0.05, 0) is 12.0 Å². The van der Waals surface area contributed by atoms with Gasteiger partial charge in [0.25, 0.3) is 0 Å². The van der Waals surface area contributed by atoms with Gasteiger partial charge in [0.1, 0.15) is 5.82 Å². The molecule has 1 aliphatic heterocycles. The summed E-state index contributed by atoms with van der Waals surface area (Å²) in [5.74, 6) is -1.02. The van der Waals surface area contributed by atoms with E-state index in [1.807, 2.05) is 23.1 Å². The summed E-state index contributed by atoms with van der Waals surface area (Å²) in [7, 11) is 1.34. The minimum Gasteiger partial charge on any atom is -0.494 e. The molecule has 5 heteroatoms. The Hall–Kier alpha value is -2.14. The highest BCUT2D eigenvalue weighted by molar-refractivity contribution is 5.51. The van der Waals surface area contributed by atoms with E-state index < -0.39 is 11.6 Å². The number of halogens is 2. The predicted molar refractivity (Wildman–Crippen MR) is 91.7 cm³/mol. The van der Waals surface area contributed by atoms with Gasteiger partial charge in [0.2, 0.25) is 0 Å². The quantitative estimate of drug-likeness (QED) is 0.835. The maximum Gasteiger partial charge on any atom is 0.167 e. The van der Waals surface area contributed by atoms with E-state index in [-0.39, 0.29) is 5.75 Å². The van der Waals surface area contributed by atoms with Crippen molar-refractivity contribution in [3.8, 4) is 5.75 Å². The number of piperazine rings is 1. The molecule has 0 unspecified atom stereocenters. The first-order valence-corrected chi connectivity index (χ1v) is 8.21. The summed E-state index contributed by atoms with van der Waals surface area (Å²) in [6, 6.07) is 12.7. The Kier molecular flexibility index (Phi) is 5.30. The lowest BCUT2D eigenvalue weighted by Gasteiger charge is -2.36. The average molecular weight is 332 g/mol. The first-order valence-electron chi connectivity index (χ1n) is 8.21. The van der Waals surface area contributed by atoms with Crippen molar-refractivity contribution in [3.63, 3.8) is 0 Å². The van der Waals surface area contributed by atoms with Crippen LogP contribution in [0.2, 0.25) is 0 Å². The highest BCUT2D eigenvalue weighted by atomic mass is 19.1. The number of methoxy groups -OCH3 is 1. The van der Waals surface area contributed by atoms with Crippen molar-refractivity contribution in [2.75, 3.05) is 44.7 Å². The highest BCUT2D eigenvalue weighted by Gasteiger charge is 2.21. The van der Waals surface area contributed by atoms with E-state index in [0.717, 1.165) is 32.1 Å². The summed E-state index contributed by atoms with van der Waals surface area (Å²) in [5, 5.41) is 0. The molecule has 0 spiro atoms. The van der Waals surface area contributed by atoms with E-state index >= 15 is 0 Å². The van der Waals surface area contributed by atoms with Gasteiger partial charge in [-0.3, -0.25) is 4.90 Å². The van der Waals surface area contributed by atoms with E-state index in [2.05, 4.69) is 17.0 Å². The van der Waals surface area contributed by atoms with Gasteiger partial charge >= 0.3 is 0 Å². The Balaban J connectivity index is 1.56. The summed E-state index contributed by atoms with van der Waals surface area (Å²) in [5.41, 5.74) is 1.64. The van der Waals surface area contributed by atoms with Crippen LogP contribution in [0.4, 0.5) is 14.5 Å². The minimum absolute atomic E-state index is 0.0576. The summed E-state index contributed by atoms with van der Waals surface area (Å²) in [6.45, 7) is 4.06. The molecule has 0 radical (unpaired) electrons. The van der Waals surface area contributed by atoms with Crippen LogP contribution < -0.4 is 9.64 Å². The number of rotatable bonds is 5. The van der Waals surface area contributed by atoms with Crippen LogP contribution in [0.25, 0.3) is 0 Å². The minimum atomic E-state index is -0.527. The molecule has 128 valence electrons. The van der Waals surface area contributed by atoms with Gasteiger partial charge in [0.15, 0.2) is 11.6 Å². The van der Waals surface area contributed by atoms with Gasteiger partial charge < -0.3 is 9.64 Å². The molecule has 0 atom stereocenters. The normalized spacial score (nSPS) is 15.5. The summed E-state index contributed by atoms with van der Waals surface area (Å²) in [6.07, 6.45) is 1.01. The molecule has 3 nitrogen and oxygen atoms in total. The fourth-order valence-electron chi connectivity index (χ4n) is 3.06. The van der Waals surface area contributed by atoms with Gasteiger partial charge in [0, 0.05) is 44.9 Å². The Bertz CT molecular complexity index is 671. The van der Waals surface area contributed by atoms with Crippen LogP contribution in [0.15, 0.2) is 42.5 Å². The topological polar surface area (TPSA) is 15.7 Å². The molecule has 3 rings (SSSR count). The van der Waals surface area contributed by atoms with Gasteiger partial charge in [-0.2, -0.15) is 0 Å². The van der Waals surface area contributed by atoms with E-state index in [0.29, 0.717) is 18.8 Å². The molecule has 0 aliphatic carbocycles. The third-order valence-electron chi connectivity index (χ3n) is 4.49. The molecule has 0 bridgehead atoms. The molecule has 0 aromatic heterocycles. The van der Waals surface area contributed by atoms with Crippen molar-refractivity contribution in [1.82, 2.24) is 4.90 Å². The molecule has 1 fully saturated rings. The fraction of sp³-hybridized carbons (Fsp3) is 0.368. The van der Waals surface area contributed by atoms with E-state index in [9.17, 15) is 8.78 Å². The second kappa shape index (κ2) is 7.62. The lowest BCUT2D eigenvalue weighted by atomic mass is 10.1. The van der Waals surface area contributed by atoms with Gasteiger partial charge in [0.05, 0.1) is 12.8 Å². The van der Waals surface area contributed by atoms with E-state index in [1.54, 1.807) is 0 Å². The number of hydrogen-bond acceptors (Lipinski definition) is 3. The molecule has 1 heterocycles. The molecule has 2 aromatic carbocycles. The third-order valence-corrected chi connectivity index (χ3v) is 4.49. The summed E-state index contributed by atoms with van der Waals surface area (Å²) < 4.78 is 32.8. The maximum atomic E-state index is 14.2. The average Bonchev–Trinajstić information content (AvgIpc) is 2.63. The maximum absolute atomic E-state index is 14.2. The van der Waals surface area contributed by atoms with Crippen LogP contribution in [0, 0.1) is 11.6 Å². The van der Waals surface area contributed by atoms with Crippen molar-refractivity contribution in [1.29, 1.82) is 0 Å². The molecule has 1 aliphatic rings. The van der Waals surface area contributed by atoms with Gasteiger partial charge in [-0.1, -0.05) is 30.3 Å². The molecule has 0 amide bonds. The van der Waals surface area contributed by atoms with Gasteiger partial charge in [-0.25, -0.2) is 8.78 Å². The molecule has 2 aromatic rings. The number of hydrogen-bond donors (Lipinski definition) is 0. The fourth-order valence-corrected chi connectivity index (χ4v) is 3.06. The van der Waals surface area contributed by atoms with Crippen LogP contribution in [-0.4, -0.2) is 44.7 Å². The first kappa shape index (κ1) is 16.7. The lowest BCUT2D eigenvalue weighted by molar-refractivity contribution is 0.260. The standard InChI is InChI=1S/C19H22F2N2O/c1-24-19-14-16(20)18(13-17(19)21)23-11-9-22(10-12-23)8-7-15-5-3-2-4-6-15/h2-6,13-14H,7-12H2,1H3. The second-order valence-corrected chi connectivity index (χ2v) is 6.00. The third kappa shape index (κ3) is 3.85. The SMILES string of the molecule is COc1cc(F)c(N2CCN(CCc3ccccc3)CC2)cc1F. The first-order chi connectivity index (χ1) is 11.7. The largest absolute Gasteiger partial charge is 0.494 e. The second-order valence-electron chi connectivity index (χ2n) is 6.00. The van der Waals surface area contributed by atoms with E-state index in [4.69, 9.17) is 4.74 Å². The van der Waals surface area contributed by atoms with E-state index in [1.165, 1.54) is 18.7 Å². The van der Waals surface area contributed by atoms with Crippen LogP contribution >= 0.6 is 0 Å². The molecule has 1 saturated heterocycles. The van der Waals surface area contributed by atoms with Crippen LogP contribution in [-0.2, 0) is 6.42 Å². The number of benzene rings is 2. The van der Waals surface area contributed by atoms with Crippen LogP contribution in [0.5, 0.6) is 5.75 Å². The number of nitrogens with zero attached hydrogens (tertiary/aromatic N) is 2. The zero-order chi connectivity index (χ0) is 16.9. The predicted octanol–water partition coefficient (Wildman–Crippen LogP) is 3.34. The van der Waals surface area contributed by atoms with Gasteiger partial charge in [-0.15, -0.1) is 0 Å². The van der Waals surface area contributed by atoms with Crippen LogP contribution in [0.3, 0.4) is 0 Å². The smallest absolute Gasteiger partial charge is 0.167 e. The zero-order valence-electron chi connectivity index (χ0n) is 13.8. The molecule has 0 saturated carbocycles. The Morgan fingerprint density at radius 2 is 1.67 bits per heavy atom. The lowest BCUT2D eigenvalue weighted by Crippen LogP contribution is -2.47. The Labute approximate surface area is 141 Å². The van der Waals surface area contributed by atoms with Crippen molar-refractivity contribution >= 4 is 5.69 Å². The van der Waals surface area contributed by atoms with Crippen molar-refractivity contribution in [2.45, 2.75) is 6.42 Å². The Morgan fingerprint density at radius 1 is 0.958 bits per heavy atom. The zero-order valence-corrected chi connectivity index (χ0v) is 13.8. The van der Waals surface area contributed by atoms with Crippen molar-refractivity contribution in [3.05, 3.63) is 59.7 Å². The number of ether oxygens (including phenoxy) is 1. The summed E-state index contributed by atoms with van der Waals surface area (Å²) >= 11 is 0. The molecule has 0 N–H and O–H groups in total. The van der Waals surface area contributed by atoms with Crippen LogP contribution in [0.1, 0.15) is 5.56 Å². The molecule has 24 heavy (non-hydrogen) atoms.